The lowest BCUT2D eigenvalue weighted by Crippen LogP contribution is -2.55. The molecule has 1 unspecified atom stereocenters. The van der Waals surface area contributed by atoms with Crippen LogP contribution in [-0.4, -0.2) is 31.7 Å². The standard InChI is InChI=1S/C22H29N5OS/c1-13-23-18(12-29-13)20-26-25-19-3-2-17(4-5-27(19)20)24-21(28)22-9-14-6-15(10-22)8-16(7-14)11-22/h12,14-17H,2-11H2,1H3,(H,24,28). The maximum absolute atomic E-state index is 13.4. The van der Waals surface area contributed by atoms with Crippen molar-refractivity contribution in [3.8, 4) is 11.5 Å². The van der Waals surface area contributed by atoms with Gasteiger partial charge in [-0.25, -0.2) is 4.98 Å². The van der Waals surface area contributed by atoms with E-state index in [-0.39, 0.29) is 11.5 Å². The highest BCUT2D eigenvalue weighted by Crippen LogP contribution is 2.60. The Morgan fingerprint density at radius 2 is 1.86 bits per heavy atom. The SMILES string of the molecule is Cc1nc(-c2nnc3n2CCC(NC(=O)C24CC5CC(CC(C5)C2)C4)CC3)cs1. The topological polar surface area (TPSA) is 72.7 Å². The van der Waals surface area contributed by atoms with Crippen molar-refractivity contribution < 1.29 is 4.79 Å². The molecule has 1 N–H and O–H groups in total. The van der Waals surface area contributed by atoms with E-state index in [1.807, 2.05) is 6.92 Å². The Labute approximate surface area is 175 Å². The van der Waals surface area contributed by atoms with Gasteiger partial charge in [-0.1, -0.05) is 0 Å². The molecule has 2 aromatic heterocycles. The summed E-state index contributed by atoms with van der Waals surface area (Å²) >= 11 is 1.65. The van der Waals surface area contributed by atoms with E-state index < -0.39 is 0 Å². The molecule has 4 aliphatic carbocycles. The van der Waals surface area contributed by atoms with Gasteiger partial charge < -0.3 is 9.88 Å². The average molecular weight is 412 g/mol. The summed E-state index contributed by atoms with van der Waals surface area (Å²) < 4.78 is 2.21. The fourth-order valence-electron chi connectivity index (χ4n) is 7.02. The second kappa shape index (κ2) is 6.62. The molecule has 4 fully saturated rings. The summed E-state index contributed by atoms with van der Waals surface area (Å²) in [7, 11) is 0. The summed E-state index contributed by atoms with van der Waals surface area (Å²) in [4.78, 5) is 18.0. The van der Waals surface area contributed by atoms with E-state index in [0.717, 1.165) is 85.2 Å². The Bertz CT molecular complexity index is 912. The molecule has 1 atom stereocenters. The summed E-state index contributed by atoms with van der Waals surface area (Å²) in [6, 6.07) is 0.238. The third-order valence-electron chi connectivity index (χ3n) is 7.95. The Kier molecular flexibility index (Phi) is 4.12. The summed E-state index contributed by atoms with van der Waals surface area (Å²) in [5.41, 5.74) is 0.863. The van der Waals surface area contributed by atoms with E-state index in [0.29, 0.717) is 5.91 Å². The van der Waals surface area contributed by atoms with Crippen molar-refractivity contribution in [2.45, 2.75) is 77.3 Å². The van der Waals surface area contributed by atoms with Gasteiger partial charge in [0.15, 0.2) is 5.82 Å². The third kappa shape index (κ3) is 3.04. The molecule has 1 aliphatic heterocycles. The first-order chi connectivity index (χ1) is 14.1. The van der Waals surface area contributed by atoms with Crippen LogP contribution in [0.5, 0.6) is 0 Å². The second-order valence-corrected chi connectivity index (χ2v) is 11.1. The minimum absolute atomic E-state index is 0.0561. The lowest BCUT2D eigenvalue weighted by atomic mass is 9.49. The lowest BCUT2D eigenvalue weighted by molar-refractivity contribution is -0.147. The van der Waals surface area contributed by atoms with Gasteiger partial charge in [0, 0.05) is 29.8 Å². The molecule has 7 heteroatoms. The Balaban J connectivity index is 1.16. The number of rotatable bonds is 3. The van der Waals surface area contributed by atoms with Crippen LogP contribution in [0.15, 0.2) is 5.38 Å². The number of aryl methyl sites for hydroxylation is 2. The molecule has 6 nitrogen and oxygen atoms in total. The number of amides is 1. The van der Waals surface area contributed by atoms with E-state index in [1.165, 1.54) is 19.3 Å². The van der Waals surface area contributed by atoms with Gasteiger partial charge in [-0.05, 0) is 76.0 Å². The maximum atomic E-state index is 13.4. The molecule has 0 radical (unpaired) electrons. The van der Waals surface area contributed by atoms with Crippen LogP contribution in [0.3, 0.4) is 0 Å². The van der Waals surface area contributed by atoms with E-state index >= 15 is 0 Å². The zero-order valence-electron chi connectivity index (χ0n) is 17.1. The normalized spacial score (nSPS) is 35.3. The smallest absolute Gasteiger partial charge is 0.226 e. The van der Waals surface area contributed by atoms with Gasteiger partial charge in [0.25, 0.3) is 0 Å². The van der Waals surface area contributed by atoms with E-state index in [1.54, 1.807) is 11.3 Å². The van der Waals surface area contributed by atoms with E-state index in [4.69, 9.17) is 0 Å². The Hall–Kier alpha value is -1.76. The highest BCUT2D eigenvalue weighted by molar-refractivity contribution is 7.09. The first-order valence-electron chi connectivity index (χ1n) is 11.2. The van der Waals surface area contributed by atoms with Crippen LogP contribution in [0.25, 0.3) is 11.5 Å². The van der Waals surface area contributed by atoms with E-state index in [2.05, 4.69) is 30.4 Å². The summed E-state index contributed by atoms with van der Waals surface area (Å²) in [5.74, 6) is 4.67. The van der Waals surface area contributed by atoms with Crippen molar-refractivity contribution in [2.24, 2.45) is 23.2 Å². The predicted octanol–water partition coefficient (Wildman–Crippen LogP) is 3.75. The van der Waals surface area contributed by atoms with Crippen LogP contribution in [-0.2, 0) is 17.8 Å². The first kappa shape index (κ1) is 18.0. The number of nitrogens with zero attached hydrogens (tertiary/aromatic N) is 4. The van der Waals surface area contributed by atoms with Gasteiger partial charge in [0.05, 0.1) is 5.01 Å². The molecule has 4 saturated carbocycles. The van der Waals surface area contributed by atoms with Crippen molar-refractivity contribution in [2.75, 3.05) is 0 Å². The number of hydrogen-bond donors (Lipinski definition) is 1. The zero-order valence-corrected chi connectivity index (χ0v) is 17.9. The number of carbonyl (C=O) groups is 1. The van der Waals surface area contributed by atoms with Crippen molar-refractivity contribution in [3.63, 3.8) is 0 Å². The fourth-order valence-corrected chi connectivity index (χ4v) is 7.61. The van der Waals surface area contributed by atoms with Crippen molar-refractivity contribution >= 4 is 17.2 Å². The number of carbonyl (C=O) groups excluding carboxylic acids is 1. The van der Waals surface area contributed by atoms with Crippen molar-refractivity contribution in [1.82, 2.24) is 25.1 Å². The van der Waals surface area contributed by atoms with Crippen LogP contribution in [0.1, 0.15) is 62.2 Å². The number of nitrogens with one attached hydrogen (secondary N) is 1. The molecule has 1 amide bonds. The molecule has 0 aromatic carbocycles. The van der Waals surface area contributed by atoms with Crippen LogP contribution in [0, 0.1) is 30.1 Å². The van der Waals surface area contributed by atoms with Gasteiger partial charge in [-0.3, -0.25) is 4.79 Å². The van der Waals surface area contributed by atoms with Crippen LogP contribution in [0.4, 0.5) is 0 Å². The van der Waals surface area contributed by atoms with Gasteiger partial charge in [-0.2, -0.15) is 0 Å². The molecule has 29 heavy (non-hydrogen) atoms. The molecule has 4 bridgehead atoms. The van der Waals surface area contributed by atoms with Crippen LogP contribution in [0.2, 0.25) is 0 Å². The maximum Gasteiger partial charge on any atom is 0.226 e. The fraction of sp³-hybridized carbons (Fsp3) is 0.727. The highest BCUT2D eigenvalue weighted by atomic mass is 32.1. The van der Waals surface area contributed by atoms with Gasteiger partial charge >= 0.3 is 0 Å². The van der Waals surface area contributed by atoms with Crippen LogP contribution >= 0.6 is 11.3 Å². The van der Waals surface area contributed by atoms with Gasteiger partial charge in [0.2, 0.25) is 5.91 Å². The number of hydrogen-bond acceptors (Lipinski definition) is 5. The molecule has 3 heterocycles. The summed E-state index contributed by atoms with van der Waals surface area (Å²) in [6.45, 7) is 2.87. The van der Waals surface area contributed by atoms with Crippen molar-refractivity contribution in [3.05, 3.63) is 16.2 Å². The number of aromatic nitrogens is 4. The number of thiazole rings is 1. The molecule has 0 spiro atoms. The predicted molar refractivity (Wildman–Crippen MR) is 111 cm³/mol. The minimum Gasteiger partial charge on any atom is -0.353 e. The largest absolute Gasteiger partial charge is 0.353 e. The van der Waals surface area contributed by atoms with Crippen LogP contribution < -0.4 is 5.32 Å². The molecule has 7 rings (SSSR count). The molecule has 0 saturated heterocycles. The molecule has 5 aliphatic rings. The highest BCUT2D eigenvalue weighted by Gasteiger charge is 2.54. The summed E-state index contributed by atoms with van der Waals surface area (Å²) in [6.07, 6.45) is 10.3. The zero-order chi connectivity index (χ0) is 19.6. The molecular weight excluding hydrogens is 382 g/mol. The summed E-state index contributed by atoms with van der Waals surface area (Å²) in [5, 5.41) is 15.4. The quantitative estimate of drug-likeness (QED) is 0.835. The van der Waals surface area contributed by atoms with E-state index in [9.17, 15) is 4.79 Å². The molecule has 154 valence electrons. The van der Waals surface area contributed by atoms with Gasteiger partial charge in [-0.15, -0.1) is 21.5 Å². The second-order valence-electron chi connectivity index (χ2n) is 10.0. The lowest BCUT2D eigenvalue weighted by Gasteiger charge is -2.55. The monoisotopic (exact) mass is 411 g/mol. The average Bonchev–Trinajstić information content (AvgIpc) is 3.23. The first-order valence-corrected chi connectivity index (χ1v) is 12.1. The molecule has 2 aromatic rings. The van der Waals surface area contributed by atoms with Crippen molar-refractivity contribution in [1.29, 1.82) is 0 Å². The third-order valence-corrected chi connectivity index (χ3v) is 8.72. The Morgan fingerprint density at radius 3 is 2.52 bits per heavy atom. The molecular formula is C22H29N5OS. The number of fused-ring (bicyclic) bond motifs is 1. The van der Waals surface area contributed by atoms with Gasteiger partial charge in [0.1, 0.15) is 11.5 Å². The Morgan fingerprint density at radius 1 is 1.14 bits per heavy atom. The minimum atomic E-state index is -0.0561.